The predicted molar refractivity (Wildman–Crippen MR) is 102 cm³/mol. The quantitative estimate of drug-likeness (QED) is 0.392. The molecule has 2 N–H and O–H groups in total. The average molecular weight is 359 g/mol. The summed E-state index contributed by atoms with van der Waals surface area (Å²) in [6.45, 7) is 5.12. The minimum absolute atomic E-state index is 0.0137. The van der Waals surface area contributed by atoms with E-state index in [1.165, 1.54) is 0 Å². The van der Waals surface area contributed by atoms with Crippen LogP contribution in [0.2, 0.25) is 0 Å². The molecule has 140 valence electrons. The van der Waals surface area contributed by atoms with Crippen LogP contribution in [0.25, 0.3) is 0 Å². The fourth-order valence-electron chi connectivity index (χ4n) is 2.77. The third-order valence-electron chi connectivity index (χ3n) is 4.32. The van der Waals surface area contributed by atoms with Crippen molar-refractivity contribution in [1.29, 1.82) is 0 Å². The number of carbonyl (C=O) groups excluding carboxylic acids is 1. The Morgan fingerprint density at radius 1 is 1.29 bits per heavy atom. The maximum atomic E-state index is 12.1. The summed E-state index contributed by atoms with van der Waals surface area (Å²) < 4.78 is 12.1. The first-order valence-electron chi connectivity index (χ1n) is 9.10. The number of likely N-dealkylation sites (N-methyl/N-ethyl adjacent to an activating group) is 1. The summed E-state index contributed by atoms with van der Waals surface area (Å²) in [6, 6.07) is 0.279. The maximum absolute atomic E-state index is 12.1. The number of guanidine groups is 1. The molecule has 1 aliphatic carbocycles. The van der Waals surface area contributed by atoms with Gasteiger partial charge in [-0.15, -0.1) is 0 Å². The molecule has 0 aromatic carbocycles. The Bertz CT molecular complexity index is 440. The van der Waals surface area contributed by atoms with Crippen molar-refractivity contribution in [2.45, 2.75) is 63.7 Å². The van der Waals surface area contributed by atoms with Crippen molar-refractivity contribution in [3.63, 3.8) is 0 Å². The number of unbranched alkanes of at least 4 members (excludes halogenated alkanes) is 1. The zero-order valence-electron chi connectivity index (χ0n) is 15.6. The van der Waals surface area contributed by atoms with E-state index in [9.17, 15) is 9.00 Å². The number of carbonyl (C=O) groups is 1. The van der Waals surface area contributed by atoms with Gasteiger partial charge < -0.3 is 15.5 Å². The Morgan fingerprint density at radius 3 is 2.67 bits per heavy atom. The number of hydrogen-bond acceptors (Lipinski definition) is 3. The molecule has 1 saturated carbocycles. The average Bonchev–Trinajstić information content (AvgIpc) is 2.58. The second kappa shape index (κ2) is 11.4. The molecule has 0 heterocycles. The summed E-state index contributed by atoms with van der Waals surface area (Å²) in [5.41, 5.74) is 0. The van der Waals surface area contributed by atoms with Gasteiger partial charge in [0.05, 0.1) is 0 Å². The van der Waals surface area contributed by atoms with Gasteiger partial charge in [-0.3, -0.25) is 9.00 Å². The first kappa shape index (κ1) is 20.9. The van der Waals surface area contributed by atoms with E-state index in [0.717, 1.165) is 50.8 Å². The van der Waals surface area contributed by atoms with Crippen LogP contribution in [-0.4, -0.2) is 65.2 Å². The first-order chi connectivity index (χ1) is 11.5. The smallest absolute Gasteiger partial charge is 0.243 e. The van der Waals surface area contributed by atoms with E-state index in [4.69, 9.17) is 0 Å². The molecule has 3 atom stereocenters. The van der Waals surface area contributed by atoms with Crippen LogP contribution in [-0.2, 0) is 15.6 Å². The fraction of sp³-hybridized carbons (Fsp3) is 0.882. The van der Waals surface area contributed by atoms with Crippen molar-refractivity contribution in [1.82, 2.24) is 15.5 Å². The molecular formula is C17H34N4O2S. The standard InChI is InChI=1S/C17H34N4O2S/c1-5-7-11-18-17(19-13-16(22)21(3)4)20-14-9-8-10-15(12-14)24(23)6-2/h14-15H,5-13H2,1-4H3,(H2,18,19,20). The van der Waals surface area contributed by atoms with Crippen LogP contribution < -0.4 is 10.6 Å². The molecule has 7 heteroatoms. The van der Waals surface area contributed by atoms with Gasteiger partial charge in [0.15, 0.2) is 5.96 Å². The van der Waals surface area contributed by atoms with E-state index in [1.54, 1.807) is 19.0 Å². The van der Waals surface area contributed by atoms with Crippen LogP contribution in [0.1, 0.15) is 52.4 Å². The molecule has 3 unspecified atom stereocenters. The molecule has 24 heavy (non-hydrogen) atoms. The Labute approximate surface area is 149 Å². The molecule has 0 radical (unpaired) electrons. The molecule has 0 bridgehead atoms. The maximum Gasteiger partial charge on any atom is 0.243 e. The lowest BCUT2D eigenvalue weighted by Crippen LogP contribution is -2.47. The van der Waals surface area contributed by atoms with Crippen LogP contribution in [0.4, 0.5) is 0 Å². The van der Waals surface area contributed by atoms with Gasteiger partial charge in [0, 0.05) is 48.5 Å². The summed E-state index contributed by atoms with van der Waals surface area (Å²) in [5.74, 6) is 1.41. The topological polar surface area (TPSA) is 73.8 Å². The minimum atomic E-state index is -0.734. The Balaban J connectivity index is 2.63. The molecular weight excluding hydrogens is 324 g/mol. The van der Waals surface area contributed by atoms with E-state index in [1.807, 2.05) is 6.92 Å². The van der Waals surface area contributed by atoms with Gasteiger partial charge in [-0.2, -0.15) is 0 Å². The van der Waals surface area contributed by atoms with Gasteiger partial charge in [-0.25, -0.2) is 4.99 Å². The zero-order valence-corrected chi connectivity index (χ0v) is 16.5. The number of nitrogens with one attached hydrogen (secondary N) is 2. The number of rotatable bonds is 8. The van der Waals surface area contributed by atoms with Crippen molar-refractivity contribution < 1.29 is 9.00 Å². The highest BCUT2D eigenvalue weighted by Crippen LogP contribution is 2.22. The molecule has 1 fully saturated rings. The Hall–Kier alpha value is -1.11. The Morgan fingerprint density at radius 2 is 2.04 bits per heavy atom. The molecule has 1 amide bonds. The number of amides is 1. The SMILES string of the molecule is CCCCNC(=NCC(=O)N(C)C)NC1CCCC(S(=O)CC)C1. The predicted octanol–water partition coefficient (Wildman–Crippen LogP) is 1.49. The molecule has 6 nitrogen and oxygen atoms in total. The molecule has 1 rings (SSSR count). The van der Waals surface area contributed by atoms with E-state index >= 15 is 0 Å². The van der Waals surface area contributed by atoms with Gasteiger partial charge in [0.2, 0.25) is 5.91 Å². The molecule has 0 aromatic heterocycles. The zero-order chi connectivity index (χ0) is 17.9. The molecule has 0 saturated heterocycles. The van der Waals surface area contributed by atoms with Crippen LogP contribution in [0.3, 0.4) is 0 Å². The van der Waals surface area contributed by atoms with Crippen molar-refractivity contribution in [3.8, 4) is 0 Å². The van der Waals surface area contributed by atoms with Crippen molar-refractivity contribution in [2.24, 2.45) is 4.99 Å². The third-order valence-corrected chi connectivity index (χ3v) is 6.06. The van der Waals surface area contributed by atoms with E-state index in [-0.39, 0.29) is 23.7 Å². The molecule has 0 spiro atoms. The van der Waals surface area contributed by atoms with E-state index in [2.05, 4.69) is 22.5 Å². The number of aliphatic imine (C=N–C) groups is 1. The van der Waals surface area contributed by atoms with Gasteiger partial charge >= 0.3 is 0 Å². The summed E-state index contributed by atoms with van der Waals surface area (Å²) >= 11 is 0. The summed E-state index contributed by atoms with van der Waals surface area (Å²) in [5, 5.41) is 7.04. The largest absolute Gasteiger partial charge is 0.356 e. The monoisotopic (exact) mass is 358 g/mol. The second-order valence-corrected chi connectivity index (χ2v) is 8.54. The Kier molecular flexibility index (Phi) is 9.98. The second-order valence-electron chi connectivity index (χ2n) is 6.53. The lowest BCUT2D eigenvalue weighted by atomic mass is 9.95. The lowest BCUT2D eigenvalue weighted by Gasteiger charge is -2.30. The first-order valence-corrected chi connectivity index (χ1v) is 10.5. The fourth-order valence-corrected chi connectivity index (χ4v) is 4.12. The number of nitrogens with zero attached hydrogens (tertiary/aromatic N) is 2. The highest BCUT2D eigenvalue weighted by Gasteiger charge is 2.26. The van der Waals surface area contributed by atoms with E-state index in [0.29, 0.717) is 5.96 Å². The normalized spacial score (nSPS) is 22.8. The van der Waals surface area contributed by atoms with Crippen LogP contribution in [0.15, 0.2) is 4.99 Å². The van der Waals surface area contributed by atoms with Crippen molar-refractivity contribution >= 4 is 22.7 Å². The minimum Gasteiger partial charge on any atom is -0.356 e. The van der Waals surface area contributed by atoms with Crippen LogP contribution in [0, 0.1) is 0 Å². The highest BCUT2D eigenvalue weighted by molar-refractivity contribution is 7.85. The van der Waals surface area contributed by atoms with Gasteiger partial charge in [-0.05, 0) is 25.7 Å². The molecule has 1 aliphatic rings. The van der Waals surface area contributed by atoms with Crippen molar-refractivity contribution in [3.05, 3.63) is 0 Å². The van der Waals surface area contributed by atoms with Crippen LogP contribution in [0.5, 0.6) is 0 Å². The number of hydrogen-bond donors (Lipinski definition) is 2. The summed E-state index contributed by atoms with van der Waals surface area (Å²) in [6.07, 6.45) is 6.29. The third kappa shape index (κ3) is 7.64. The highest BCUT2D eigenvalue weighted by atomic mass is 32.2. The summed E-state index contributed by atoms with van der Waals surface area (Å²) in [7, 11) is 2.74. The summed E-state index contributed by atoms with van der Waals surface area (Å²) in [4.78, 5) is 17.8. The van der Waals surface area contributed by atoms with Gasteiger partial charge in [0.1, 0.15) is 6.54 Å². The van der Waals surface area contributed by atoms with Gasteiger partial charge in [-0.1, -0.05) is 26.7 Å². The lowest BCUT2D eigenvalue weighted by molar-refractivity contribution is -0.127. The molecule has 0 aliphatic heterocycles. The van der Waals surface area contributed by atoms with Crippen LogP contribution >= 0.6 is 0 Å². The molecule has 0 aromatic rings. The van der Waals surface area contributed by atoms with E-state index < -0.39 is 10.8 Å². The van der Waals surface area contributed by atoms with Gasteiger partial charge in [0.25, 0.3) is 0 Å². The van der Waals surface area contributed by atoms with Crippen molar-refractivity contribution in [2.75, 3.05) is 32.9 Å².